The molecule has 1 aromatic heterocycles. The van der Waals surface area contributed by atoms with Crippen LogP contribution in [0.5, 0.6) is 0 Å². The van der Waals surface area contributed by atoms with Crippen molar-refractivity contribution in [3.8, 4) is 22.3 Å². The van der Waals surface area contributed by atoms with Crippen molar-refractivity contribution in [3.63, 3.8) is 0 Å². The largest absolute Gasteiger partial charge is 0.385 e. The number of halogens is 2. The lowest BCUT2D eigenvalue weighted by molar-refractivity contribution is 0.248. The van der Waals surface area contributed by atoms with Gasteiger partial charge >= 0.3 is 0 Å². The number of aromatic nitrogens is 1. The third kappa shape index (κ3) is 4.44. The van der Waals surface area contributed by atoms with Crippen LogP contribution in [0.1, 0.15) is 24.0 Å². The molecule has 1 saturated heterocycles. The molecule has 36 heavy (non-hydrogen) atoms. The Bertz CT molecular complexity index is 1310. The maximum Gasteiger partial charge on any atom is 0.222 e. The summed E-state index contributed by atoms with van der Waals surface area (Å²) < 4.78 is 29.9. The zero-order valence-electron chi connectivity index (χ0n) is 20.4. The van der Waals surface area contributed by atoms with E-state index in [0.717, 1.165) is 43.3 Å². The van der Waals surface area contributed by atoms with E-state index in [9.17, 15) is 8.78 Å². The number of nitrogens with zero attached hydrogens (tertiary/aromatic N) is 3. The van der Waals surface area contributed by atoms with Crippen LogP contribution in [0.25, 0.3) is 28.0 Å². The number of fused-ring (bicyclic) bond motifs is 1. The third-order valence-corrected chi connectivity index (χ3v) is 7.65. The highest BCUT2D eigenvalue weighted by Crippen LogP contribution is 2.36. The lowest BCUT2D eigenvalue weighted by Gasteiger charge is -2.36. The Morgan fingerprint density at radius 3 is 2.44 bits per heavy atom. The molecule has 2 fully saturated rings. The number of hydrogen-bond donors (Lipinski definition) is 2. The van der Waals surface area contributed by atoms with E-state index in [2.05, 4.69) is 26.7 Å². The zero-order valence-corrected chi connectivity index (χ0v) is 20.4. The topological polar surface area (TPSA) is 57.4 Å². The summed E-state index contributed by atoms with van der Waals surface area (Å²) in [7, 11) is 0. The molecule has 2 aromatic carbocycles. The first kappa shape index (κ1) is 23.0. The van der Waals surface area contributed by atoms with Crippen molar-refractivity contribution in [1.29, 1.82) is 0 Å². The minimum absolute atomic E-state index is 0.0454. The summed E-state index contributed by atoms with van der Waals surface area (Å²) in [5, 5.41) is 3.10. The van der Waals surface area contributed by atoms with Gasteiger partial charge in [-0.3, -0.25) is 4.90 Å². The second-order valence-electron chi connectivity index (χ2n) is 10.2. The average molecular weight is 488 g/mol. The molecule has 0 radical (unpaired) electrons. The van der Waals surface area contributed by atoms with Gasteiger partial charge in [-0.05, 0) is 66.1 Å². The fourth-order valence-electron chi connectivity index (χ4n) is 5.43. The van der Waals surface area contributed by atoms with Crippen LogP contribution in [-0.2, 0) is 6.42 Å². The normalized spacial score (nSPS) is 18.2. The van der Waals surface area contributed by atoms with Crippen LogP contribution in [0, 0.1) is 17.7 Å². The molecule has 186 valence electrons. The Kier molecular flexibility index (Phi) is 5.88. The zero-order chi connectivity index (χ0) is 24.8. The summed E-state index contributed by atoms with van der Waals surface area (Å²) in [4.78, 5) is 8.92. The van der Waals surface area contributed by atoms with E-state index >= 15 is 0 Å². The summed E-state index contributed by atoms with van der Waals surface area (Å²) in [6.07, 6.45) is 3.44. The molecule has 3 heterocycles. The van der Waals surface area contributed by atoms with Crippen molar-refractivity contribution in [2.75, 3.05) is 49.9 Å². The molecule has 1 saturated carbocycles. The third-order valence-electron chi connectivity index (χ3n) is 7.65. The van der Waals surface area contributed by atoms with Gasteiger partial charge in [-0.2, -0.15) is 4.39 Å². The predicted molar refractivity (Wildman–Crippen MR) is 142 cm³/mol. The highest BCUT2D eigenvalue weighted by molar-refractivity contribution is 5.82. The molecule has 3 aliphatic rings. The molecule has 3 N–H and O–H groups in total. The fourth-order valence-corrected chi connectivity index (χ4v) is 5.43. The predicted octanol–water partition coefficient (Wildman–Crippen LogP) is 4.92. The lowest BCUT2D eigenvalue weighted by atomic mass is 9.92. The van der Waals surface area contributed by atoms with Crippen LogP contribution < -0.4 is 16.0 Å². The SMILES string of the molecule is C=C1NCCc2cc(-c3cc(-c4ccc(N5CCN(CC6CC6)CC5)cc4)c(F)nc3N)cc(F)c21. The number of anilines is 2. The summed E-state index contributed by atoms with van der Waals surface area (Å²) in [5.41, 5.74) is 11.4. The average Bonchev–Trinajstić information content (AvgIpc) is 3.69. The molecule has 5 nitrogen and oxygen atoms in total. The van der Waals surface area contributed by atoms with Crippen molar-refractivity contribution in [1.82, 2.24) is 15.2 Å². The van der Waals surface area contributed by atoms with Crippen molar-refractivity contribution in [2.45, 2.75) is 19.3 Å². The van der Waals surface area contributed by atoms with E-state index in [1.54, 1.807) is 6.07 Å². The van der Waals surface area contributed by atoms with Crippen molar-refractivity contribution in [2.24, 2.45) is 5.92 Å². The second kappa shape index (κ2) is 9.21. The number of nitrogens with two attached hydrogens (primary N) is 1. The molecule has 0 unspecified atom stereocenters. The second-order valence-corrected chi connectivity index (χ2v) is 10.2. The molecule has 1 aliphatic carbocycles. The molecule has 0 atom stereocenters. The molecular formula is C29H31F2N5. The number of pyridine rings is 1. The summed E-state index contributed by atoms with van der Waals surface area (Å²) in [6.45, 7) is 10.0. The quantitative estimate of drug-likeness (QED) is 0.500. The summed E-state index contributed by atoms with van der Waals surface area (Å²) >= 11 is 0. The fraction of sp³-hybridized carbons (Fsp3) is 0.345. The maximum atomic E-state index is 15.0. The number of rotatable bonds is 5. The van der Waals surface area contributed by atoms with Crippen molar-refractivity contribution >= 4 is 17.2 Å². The highest BCUT2D eigenvalue weighted by atomic mass is 19.1. The van der Waals surface area contributed by atoms with Gasteiger partial charge in [0.05, 0.1) is 0 Å². The molecule has 3 aromatic rings. The van der Waals surface area contributed by atoms with Gasteiger partial charge in [0.15, 0.2) is 0 Å². The molecule has 6 rings (SSSR count). The lowest BCUT2D eigenvalue weighted by Crippen LogP contribution is -2.47. The molecule has 2 aliphatic heterocycles. The first-order valence-electron chi connectivity index (χ1n) is 12.8. The van der Waals surface area contributed by atoms with Gasteiger partial charge in [-0.25, -0.2) is 9.37 Å². The Balaban J connectivity index is 1.25. The van der Waals surface area contributed by atoms with E-state index in [0.29, 0.717) is 46.5 Å². The smallest absolute Gasteiger partial charge is 0.222 e. The molecular weight excluding hydrogens is 456 g/mol. The number of nitrogens with one attached hydrogen (secondary N) is 1. The van der Waals surface area contributed by atoms with E-state index < -0.39 is 5.95 Å². The minimum Gasteiger partial charge on any atom is -0.385 e. The summed E-state index contributed by atoms with van der Waals surface area (Å²) in [6, 6.07) is 12.9. The maximum absolute atomic E-state index is 15.0. The van der Waals surface area contributed by atoms with Crippen LogP contribution in [0.2, 0.25) is 0 Å². The highest BCUT2D eigenvalue weighted by Gasteiger charge is 2.26. The van der Waals surface area contributed by atoms with Gasteiger partial charge in [-0.1, -0.05) is 24.8 Å². The number of hydrogen-bond acceptors (Lipinski definition) is 5. The van der Waals surface area contributed by atoms with E-state index in [1.807, 2.05) is 30.3 Å². The minimum atomic E-state index is -0.631. The Labute approximate surface area is 210 Å². The van der Waals surface area contributed by atoms with Crippen LogP contribution in [-0.4, -0.2) is 49.2 Å². The van der Waals surface area contributed by atoms with E-state index in [4.69, 9.17) is 5.73 Å². The van der Waals surface area contributed by atoms with E-state index in [-0.39, 0.29) is 11.6 Å². The van der Waals surface area contributed by atoms with Gasteiger partial charge in [0, 0.05) is 67.3 Å². The van der Waals surface area contributed by atoms with Gasteiger partial charge < -0.3 is 16.0 Å². The molecule has 0 spiro atoms. The Morgan fingerprint density at radius 1 is 0.972 bits per heavy atom. The number of nitrogen functional groups attached to an aromatic ring is 1. The van der Waals surface area contributed by atoms with Gasteiger partial charge in [0.25, 0.3) is 0 Å². The molecule has 0 bridgehead atoms. The van der Waals surface area contributed by atoms with Crippen LogP contribution in [0.4, 0.5) is 20.3 Å². The van der Waals surface area contributed by atoms with E-state index in [1.165, 1.54) is 25.5 Å². The Morgan fingerprint density at radius 2 is 1.72 bits per heavy atom. The first-order valence-corrected chi connectivity index (χ1v) is 12.8. The van der Waals surface area contributed by atoms with Gasteiger partial charge in [0.2, 0.25) is 5.95 Å². The van der Waals surface area contributed by atoms with Crippen molar-refractivity contribution in [3.05, 3.63) is 71.9 Å². The number of piperazine rings is 1. The van der Waals surface area contributed by atoms with Gasteiger partial charge in [-0.15, -0.1) is 0 Å². The number of benzene rings is 2. The van der Waals surface area contributed by atoms with Gasteiger partial charge in [0.1, 0.15) is 11.6 Å². The van der Waals surface area contributed by atoms with Crippen LogP contribution in [0.3, 0.4) is 0 Å². The first-order chi connectivity index (χ1) is 17.5. The monoisotopic (exact) mass is 487 g/mol. The molecule has 0 amide bonds. The van der Waals surface area contributed by atoms with Crippen molar-refractivity contribution < 1.29 is 8.78 Å². The molecule has 7 heteroatoms. The summed E-state index contributed by atoms with van der Waals surface area (Å²) in [5.74, 6) is -0.0392. The standard InChI is InChI=1S/C29H31F2N5/c1-18-27-21(8-9-33-18)14-22(15-26(27)30)25-16-24(28(31)34-29(25)32)20-4-6-23(7-5-20)36-12-10-35(11-13-36)17-19-2-3-19/h4-7,14-16,19,33H,1-3,8-13,17H2,(H2,32,34). The van der Waals surface area contributed by atoms with Crippen LogP contribution in [0.15, 0.2) is 49.0 Å². The Hall–Kier alpha value is -3.45. The van der Waals surface area contributed by atoms with Crippen LogP contribution >= 0.6 is 0 Å².